The van der Waals surface area contributed by atoms with E-state index in [0.717, 1.165) is 11.1 Å². The van der Waals surface area contributed by atoms with Crippen molar-refractivity contribution in [2.24, 2.45) is 0 Å². The first-order chi connectivity index (χ1) is 16.4. The van der Waals surface area contributed by atoms with Crippen LogP contribution in [0.1, 0.15) is 29.0 Å². The molecule has 0 fully saturated rings. The lowest BCUT2D eigenvalue weighted by Crippen LogP contribution is -2.36. The van der Waals surface area contributed by atoms with Gasteiger partial charge in [-0.2, -0.15) is 0 Å². The van der Waals surface area contributed by atoms with Crippen LogP contribution in [0.15, 0.2) is 52.4 Å². The van der Waals surface area contributed by atoms with Crippen LogP contribution in [0.3, 0.4) is 0 Å². The van der Waals surface area contributed by atoms with Crippen molar-refractivity contribution in [2.45, 2.75) is 30.2 Å². The standard InChI is InChI=1S/C24H24N4O5S/c1-13-4-6-14(7-5-13)12-34-24-27-21-20(23(31)28-24)16(11-19(29)26-21)22(30)25-17-9-8-15(32-2)10-18(17)33-3/h4-10,16H,11-12H2,1-3H3,(H,25,30)(H2,26,27,28,29,31)/t16-/m0/s1. The van der Waals surface area contributed by atoms with Gasteiger partial charge in [-0.05, 0) is 24.6 Å². The molecule has 0 radical (unpaired) electrons. The van der Waals surface area contributed by atoms with E-state index in [9.17, 15) is 14.4 Å². The van der Waals surface area contributed by atoms with Crippen LogP contribution in [0.2, 0.25) is 0 Å². The molecule has 0 aliphatic carbocycles. The van der Waals surface area contributed by atoms with Gasteiger partial charge in [-0.15, -0.1) is 0 Å². The van der Waals surface area contributed by atoms with E-state index in [1.165, 1.54) is 26.0 Å². The maximum atomic E-state index is 13.1. The van der Waals surface area contributed by atoms with Crippen LogP contribution < -0.4 is 25.7 Å². The van der Waals surface area contributed by atoms with Gasteiger partial charge in [0.15, 0.2) is 5.16 Å². The summed E-state index contributed by atoms with van der Waals surface area (Å²) in [5.41, 5.74) is 2.30. The van der Waals surface area contributed by atoms with E-state index in [0.29, 0.717) is 28.1 Å². The summed E-state index contributed by atoms with van der Waals surface area (Å²) >= 11 is 1.34. The minimum absolute atomic E-state index is 0.105. The zero-order valence-electron chi connectivity index (χ0n) is 18.9. The highest BCUT2D eigenvalue weighted by Crippen LogP contribution is 2.33. The minimum Gasteiger partial charge on any atom is -0.497 e. The van der Waals surface area contributed by atoms with Crippen molar-refractivity contribution in [3.63, 3.8) is 0 Å². The number of carbonyl (C=O) groups is 2. The van der Waals surface area contributed by atoms with Gasteiger partial charge in [0.05, 0.1) is 31.4 Å². The summed E-state index contributed by atoms with van der Waals surface area (Å²) in [5.74, 6) is -0.237. The van der Waals surface area contributed by atoms with Gasteiger partial charge in [-0.1, -0.05) is 41.6 Å². The van der Waals surface area contributed by atoms with Crippen molar-refractivity contribution in [3.05, 3.63) is 69.5 Å². The molecule has 1 atom stereocenters. The lowest BCUT2D eigenvalue weighted by atomic mass is 9.92. The number of nitrogens with one attached hydrogen (secondary N) is 3. The first-order valence-corrected chi connectivity index (χ1v) is 11.5. The molecule has 1 aromatic heterocycles. The topological polar surface area (TPSA) is 122 Å². The number of thioether (sulfide) groups is 1. The van der Waals surface area contributed by atoms with Crippen LogP contribution in [0.4, 0.5) is 11.5 Å². The van der Waals surface area contributed by atoms with Gasteiger partial charge in [0, 0.05) is 18.2 Å². The highest BCUT2D eigenvalue weighted by Gasteiger charge is 2.35. The van der Waals surface area contributed by atoms with Gasteiger partial charge < -0.3 is 25.1 Å². The number of fused-ring (bicyclic) bond motifs is 1. The van der Waals surface area contributed by atoms with E-state index < -0.39 is 17.4 Å². The highest BCUT2D eigenvalue weighted by atomic mass is 32.2. The number of methoxy groups -OCH3 is 2. The lowest BCUT2D eigenvalue weighted by Gasteiger charge is -2.24. The molecule has 1 aliphatic heterocycles. The Kier molecular flexibility index (Phi) is 6.87. The fourth-order valence-electron chi connectivity index (χ4n) is 3.60. The summed E-state index contributed by atoms with van der Waals surface area (Å²) in [4.78, 5) is 45.5. The number of carbonyl (C=O) groups excluding carboxylic acids is 2. The molecule has 34 heavy (non-hydrogen) atoms. The minimum atomic E-state index is -0.997. The third-order valence-corrected chi connectivity index (χ3v) is 6.35. The SMILES string of the molecule is COc1ccc(NC(=O)[C@H]2CC(=O)Nc3nc(SCc4ccc(C)cc4)[nH]c(=O)c32)c(OC)c1. The number of nitrogens with zero attached hydrogens (tertiary/aromatic N) is 1. The molecule has 2 heterocycles. The van der Waals surface area contributed by atoms with Crippen molar-refractivity contribution < 1.29 is 19.1 Å². The molecule has 0 bridgehead atoms. The predicted molar refractivity (Wildman–Crippen MR) is 130 cm³/mol. The van der Waals surface area contributed by atoms with Crippen LogP contribution >= 0.6 is 11.8 Å². The van der Waals surface area contributed by atoms with E-state index in [2.05, 4.69) is 20.6 Å². The molecule has 10 heteroatoms. The number of hydrogen-bond donors (Lipinski definition) is 3. The number of aromatic amines is 1. The number of aryl methyl sites for hydroxylation is 1. The summed E-state index contributed by atoms with van der Waals surface area (Å²) in [5, 5.41) is 5.74. The van der Waals surface area contributed by atoms with Crippen LogP contribution in [-0.4, -0.2) is 36.0 Å². The molecule has 176 valence electrons. The molecule has 9 nitrogen and oxygen atoms in total. The summed E-state index contributed by atoms with van der Waals surface area (Å²) in [6, 6.07) is 13.0. The summed E-state index contributed by atoms with van der Waals surface area (Å²) in [7, 11) is 3.00. The molecule has 3 N–H and O–H groups in total. The van der Waals surface area contributed by atoms with Crippen molar-refractivity contribution in [3.8, 4) is 11.5 Å². The second kappa shape index (κ2) is 10.0. The Morgan fingerprint density at radius 3 is 2.62 bits per heavy atom. The van der Waals surface area contributed by atoms with E-state index in [1.54, 1.807) is 18.2 Å². The fraction of sp³-hybridized carbons (Fsp3) is 0.250. The monoisotopic (exact) mass is 480 g/mol. The van der Waals surface area contributed by atoms with E-state index in [4.69, 9.17) is 9.47 Å². The molecule has 2 aromatic carbocycles. The van der Waals surface area contributed by atoms with Crippen molar-refractivity contribution in [2.75, 3.05) is 24.9 Å². The molecule has 0 saturated heterocycles. The van der Waals surface area contributed by atoms with Gasteiger partial charge in [0.2, 0.25) is 11.8 Å². The average molecular weight is 481 g/mol. The van der Waals surface area contributed by atoms with Gasteiger partial charge in [-0.3, -0.25) is 14.4 Å². The molecular formula is C24H24N4O5S. The first-order valence-electron chi connectivity index (χ1n) is 10.5. The Labute approximate surface area is 200 Å². The van der Waals surface area contributed by atoms with Gasteiger partial charge in [-0.25, -0.2) is 4.98 Å². The zero-order valence-corrected chi connectivity index (χ0v) is 19.7. The molecular weight excluding hydrogens is 456 g/mol. The van der Waals surface area contributed by atoms with Crippen molar-refractivity contribution >= 4 is 35.1 Å². The van der Waals surface area contributed by atoms with Crippen LogP contribution in [0.25, 0.3) is 0 Å². The van der Waals surface area contributed by atoms with Gasteiger partial charge in [0.1, 0.15) is 17.3 Å². The number of H-pyrrole nitrogens is 1. The van der Waals surface area contributed by atoms with E-state index in [-0.39, 0.29) is 23.7 Å². The first kappa shape index (κ1) is 23.4. The molecule has 1 aliphatic rings. The Morgan fingerprint density at radius 1 is 1.15 bits per heavy atom. The van der Waals surface area contributed by atoms with E-state index >= 15 is 0 Å². The molecule has 2 amide bonds. The largest absolute Gasteiger partial charge is 0.497 e. The maximum absolute atomic E-state index is 13.1. The quantitative estimate of drug-likeness (QED) is 0.350. The van der Waals surface area contributed by atoms with Gasteiger partial charge in [0.25, 0.3) is 5.56 Å². The second-order valence-electron chi connectivity index (χ2n) is 7.77. The van der Waals surface area contributed by atoms with Crippen LogP contribution in [-0.2, 0) is 15.3 Å². The number of rotatable bonds is 7. The summed E-state index contributed by atoms with van der Waals surface area (Å²) < 4.78 is 10.5. The predicted octanol–water partition coefficient (Wildman–Crippen LogP) is 3.45. The number of aromatic nitrogens is 2. The average Bonchev–Trinajstić information content (AvgIpc) is 2.83. The number of ether oxygens (including phenoxy) is 2. The number of anilines is 2. The normalized spacial score (nSPS) is 14.7. The highest BCUT2D eigenvalue weighted by molar-refractivity contribution is 7.98. The van der Waals surface area contributed by atoms with Crippen molar-refractivity contribution in [1.82, 2.24) is 9.97 Å². The number of benzene rings is 2. The maximum Gasteiger partial charge on any atom is 0.257 e. The molecule has 0 spiro atoms. The van der Waals surface area contributed by atoms with Crippen LogP contribution in [0.5, 0.6) is 11.5 Å². The fourth-order valence-corrected chi connectivity index (χ4v) is 4.42. The lowest BCUT2D eigenvalue weighted by molar-refractivity contribution is -0.123. The van der Waals surface area contributed by atoms with Gasteiger partial charge >= 0.3 is 0 Å². The molecule has 3 aromatic rings. The Hall–Kier alpha value is -3.79. The smallest absolute Gasteiger partial charge is 0.257 e. The van der Waals surface area contributed by atoms with Crippen LogP contribution in [0, 0.1) is 6.92 Å². The summed E-state index contributed by atoms with van der Waals surface area (Å²) in [6.07, 6.45) is -0.169. The number of amides is 2. The third kappa shape index (κ3) is 5.07. The Bertz CT molecular complexity index is 1290. The Morgan fingerprint density at radius 2 is 1.91 bits per heavy atom. The zero-order chi connectivity index (χ0) is 24.2. The molecule has 0 unspecified atom stereocenters. The van der Waals surface area contributed by atoms with E-state index in [1.807, 2.05) is 31.2 Å². The second-order valence-corrected chi connectivity index (χ2v) is 8.73. The third-order valence-electron chi connectivity index (χ3n) is 5.41. The molecule has 4 rings (SSSR count). The molecule has 0 saturated carbocycles. The summed E-state index contributed by atoms with van der Waals surface area (Å²) in [6.45, 7) is 2.01. The Balaban J connectivity index is 1.57. The number of hydrogen-bond acceptors (Lipinski definition) is 7. The van der Waals surface area contributed by atoms with Crippen molar-refractivity contribution in [1.29, 1.82) is 0 Å².